The molecule has 0 aromatic heterocycles. The van der Waals surface area contributed by atoms with Crippen molar-refractivity contribution in [2.24, 2.45) is 0 Å². The number of phosphoric acid groups is 1. The Bertz CT molecular complexity index is 712. The molecule has 0 saturated carbocycles. The summed E-state index contributed by atoms with van der Waals surface area (Å²) in [6, 6.07) is 12.7. The molecule has 1 aromatic carbocycles. The average Bonchev–Trinajstić information content (AvgIpc) is 2.62. The second-order valence-corrected chi connectivity index (χ2v) is 6.52. The molecule has 0 fully saturated rings. The van der Waals surface area contributed by atoms with Crippen LogP contribution in [0.3, 0.4) is 0 Å². The molecule has 0 bridgehead atoms. The number of nitriles is 2. The number of nitrogens with zero attached hydrogens (tertiary/aromatic N) is 2. The van der Waals surface area contributed by atoms with Crippen molar-refractivity contribution in [3.05, 3.63) is 47.4 Å². The summed E-state index contributed by atoms with van der Waals surface area (Å²) in [5, 5.41) is 19.3. The van der Waals surface area contributed by atoms with Crippen LogP contribution in [0, 0.1) is 22.7 Å². The summed E-state index contributed by atoms with van der Waals surface area (Å²) in [7, 11) is -1.67. The maximum atomic E-state index is 12.2. The second kappa shape index (κ2) is 8.52. The molecule has 24 heavy (non-hydrogen) atoms. The first-order chi connectivity index (χ1) is 11.4. The maximum Gasteiger partial charge on any atom is 0.531 e. The molecule has 0 saturated heterocycles. The van der Waals surface area contributed by atoms with E-state index in [1.54, 1.807) is 44.2 Å². The van der Waals surface area contributed by atoms with Gasteiger partial charge in [-0.25, -0.2) is 4.57 Å². The zero-order valence-electron chi connectivity index (χ0n) is 14.0. The average molecular weight is 350 g/mol. The van der Waals surface area contributed by atoms with Crippen molar-refractivity contribution < 1.29 is 22.9 Å². The van der Waals surface area contributed by atoms with E-state index in [1.165, 1.54) is 0 Å². The van der Waals surface area contributed by atoms with E-state index in [-0.39, 0.29) is 18.1 Å². The summed E-state index contributed by atoms with van der Waals surface area (Å²) in [6.07, 6.45) is 0. The van der Waals surface area contributed by atoms with Crippen molar-refractivity contribution in [2.45, 2.75) is 19.3 Å². The second-order valence-electron chi connectivity index (χ2n) is 4.71. The van der Waals surface area contributed by atoms with Gasteiger partial charge in [-0.15, -0.1) is 0 Å². The number of hydrogen-bond acceptors (Lipinski definition) is 7. The summed E-state index contributed by atoms with van der Waals surface area (Å²) in [5.74, 6) is -0.361. The summed E-state index contributed by atoms with van der Waals surface area (Å²) in [4.78, 5) is 0. The van der Waals surface area contributed by atoms with E-state index in [9.17, 15) is 15.1 Å². The monoisotopic (exact) mass is 350 g/mol. The molecular weight excluding hydrogens is 331 g/mol. The van der Waals surface area contributed by atoms with Gasteiger partial charge < -0.3 is 9.26 Å². The summed E-state index contributed by atoms with van der Waals surface area (Å²) >= 11 is 0. The molecule has 0 N–H and O–H groups in total. The standard InChI is InChI=1S/C16H19N2O5P/c1-5-22-15(23-24(19,20-3)21-4)14(11-17)16(2,12-18)13-9-7-6-8-10-13/h6-10H,5H2,1-4H3/b15-14+. The number of rotatable bonds is 8. The van der Waals surface area contributed by atoms with Crippen molar-refractivity contribution in [3.63, 3.8) is 0 Å². The molecular formula is C16H19N2O5P. The maximum absolute atomic E-state index is 12.2. The molecule has 8 heteroatoms. The summed E-state index contributed by atoms with van der Waals surface area (Å²) in [6.45, 7) is 3.34. The van der Waals surface area contributed by atoms with Crippen LogP contribution in [0.5, 0.6) is 0 Å². The van der Waals surface area contributed by atoms with Crippen LogP contribution in [-0.2, 0) is 28.3 Å². The van der Waals surface area contributed by atoms with Crippen LogP contribution in [0.1, 0.15) is 19.4 Å². The third kappa shape index (κ3) is 4.15. The van der Waals surface area contributed by atoms with Crippen molar-refractivity contribution in [1.82, 2.24) is 0 Å². The zero-order chi connectivity index (χ0) is 18.2. The smallest absolute Gasteiger partial charge is 0.465 e. The number of hydrogen-bond donors (Lipinski definition) is 0. The van der Waals surface area contributed by atoms with E-state index in [1.807, 2.05) is 6.07 Å². The minimum atomic E-state index is -3.95. The van der Waals surface area contributed by atoms with E-state index in [4.69, 9.17) is 18.3 Å². The lowest BCUT2D eigenvalue weighted by atomic mass is 9.78. The van der Waals surface area contributed by atoms with E-state index >= 15 is 0 Å². The Hall–Kier alpha value is -2.31. The van der Waals surface area contributed by atoms with Gasteiger partial charge in [-0.3, -0.25) is 9.05 Å². The molecule has 0 heterocycles. The Balaban J connectivity index is 3.54. The number of benzene rings is 1. The molecule has 0 spiro atoms. The Morgan fingerprint density at radius 3 is 2.21 bits per heavy atom. The number of allylic oxidation sites excluding steroid dienone is 1. The fourth-order valence-corrected chi connectivity index (χ4v) is 2.57. The van der Waals surface area contributed by atoms with Crippen molar-refractivity contribution in [1.29, 1.82) is 10.5 Å². The van der Waals surface area contributed by atoms with Gasteiger partial charge in [0.2, 0.25) is 0 Å². The highest BCUT2D eigenvalue weighted by molar-refractivity contribution is 7.48. The van der Waals surface area contributed by atoms with Gasteiger partial charge in [0.05, 0.1) is 12.7 Å². The molecule has 0 aliphatic carbocycles. The largest absolute Gasteiger partial charge is 0.531 e. The predicted molar refractivity (Wildman–Crippen MR) is 86.4 cm³/mol. The van der Waals surface area contributed by atoms with Crippen molar-refractivity contribution in [2.75, 3.05) is 20.8 Å². The lowest BCUT2D eigenvalue weighted by Crippen LogP contribution is -2.24. The van der Waals surface area contributed by atoms with Gasteiger partial charge in [0.1, 0.15) is 17.1 Å². The van der Waals surface area contributed by atoms with Crippen LogP contribution < -0.4 is 0 Å². The minimum Gasteiger partial charge on any atom is -0.465 e. The molecule has 0 aliphatic rings. The van der Waals surface area contributed by atoms with Gasteiger partial charge in [-0.05, 0) is 19.4 Å². The van der Waals surface area contributed by atoms with Crippen LogP contribution in [0.25, 0.3) is 0 Å². The van der Waals surface area contributed by atoms with Crippen LogP contribution in [-0.4, -0.2) is 20.8 Å². The van der Waals surface area contributed by atoms with Crippen LogP contribution in [0.2, 0.25) is 0 Å². The van der Waals surface area contributed by atoms with E-state index in [0.717, 1.165) is 14.2 Å². The Morgan fingerprint density at radius 1 is 1.21 bits per heavy atom. The normalized spacial score (nSPS) is 14.6. The molecule has 0 radical (unpaired) electrons. The van der Waals surface area contributed by atoms with E-state index < -0.39 is 13.2 Å². The quantitative estimate of drug-likeness (QED) is 0.400. The van der Waals surface area contributed by atoms with E-state index in [2.05, 4.69) is 6.07 Å². The highest BCUT2D eigenvalue weighted by Gasteiger charge is 2.39. The molecule has 1 atom stereocenters. The van der Waals surface area contributed by atoms with Crippen molar-refractivity contribution in [3.8, 4) is 12.1 Å². The van der Waals surface area contributed by atoms with Crippen LogP contribution >= 0.6 is 7.82 Å². The first-order valence-corrected chi connectivity index (χ1v) is 8.52. The topological polar surface area (TPSA) is 102 Å². The first kappa shape index (κ1) is 19.7. The van der Waals surface area contributed by atoms with E-state index in [0.29, 0.717) is 5.56 Å². The highest BCUT2D eigenvalue weighted by Crippen LogP contribution is 2.51. The third-order valence-electron chi connectivity index (χ3n) is 3.31. The Morgan fingerprint density at radius 2 is 1.79 bits per heavy atom. The lowest BCUT2D eigenvalue weighted by molar-refractivity contribution is 0.0736. The first-order valence-electron chi connectivity index (χ1n) is 7.06. The Labute approximate surface area is 141 Å². The van der Waals surface area contributed by atoms with Gasteiger partial charge in [-0.1, -0.05) is 30.3 Å². The SMILES string of the molecule is CCO/C(OP(=O)(OC)OC)=C(/C#N)C(C)(C#N)c1ccccc1. The highest BCUT2D eigenvalue weighted by atomic mass is 31.2. The summed E-state index contributed by atoms with van der Waals surface area (Å²) < 4.78 is 32.2. The Kier molecular flexibility index (Phi) is 7.00. The number of phosphoric ester groups is 1. The molecule has 1 unspecified atom stereocenters. The van der Waals surface area contributed by atoms with Gasteiger partial charge in [0.15, 0.2) is 0 Å². The molecule has 1 rings (SSSR count). The minimum absolute atomic E-state index is 0.129. The predicted octanol–water partition coefficient (Wildman–Crippen LogP) is 3.66. The fourth-order valence-electron chi connectivity index (χ4n) is 1.92. The fraction of sp³-hybridized carbons (Fsp3) is 0.375. The van der Waals surface area contributed by atoms with Crippen molar-refractivity contribution >= 4 is 7.82 Å². The summed E-state index contributed by atoms with van der Waals surface area (Å²) in [5.41, 5.74) is -0.936. The van der Waals surface area contributed by atoms with Crippen LogP contribution in [0.15, 0.2) is 41.9 Å². The molecule has 0 amide bonds. The molecule has 128 valence electrons. The van der Waals surface area contributed by atoms with Gasteiger partial charge in [0, 0.05) is 14.2 Å². The lowest BCUT2D eigenvalue weighted by Gasteiger charge is -2.24. The van der Waals surface area contributed by atoms with Gasteiger partial charge in [-0.2, -0.15) is 10.5 Å². The molecule has 0 aliphatic heterocycles. The van der Waals surface area contributed by atoms with Crippen LogP contribution in [0.4, 0.5) is 0 Å². The van der Waals surface area contributed by atoms with Gasteiger partial charge in [0.25, 0.3) is 0 Å². The zero-order valence-corrected chi connectivity index (χ0v) is 14.9. The van der Waals surface area contributed by atoms with Gasteiger partial charge >= 0.3 is 13.8 Å². The molecule has 1 aromatic rings. The third-order valence-corrected chi connectivity index (χ3v) is 4.59. The molecule has 7 nitrogen and oxygen atoms in total. The number of ether oxygens (including phenoxy) is 1.